The molecular formula is C30H26F3N5O3S2. The number of nitrogens with zero attached hydrogens (tertiary/aromatic N) is 3. The molecule has 0 saturated carbocycles. The van der Waals surface area contributed by atoms with Crippen molar-refractivity contribution in [2.24, 2.45) is 0 Å². The van der Waals surface area contributed by atoms with E-state index in [0.717, 1.165) is 37.3 Å². The monoisotopic (exact) mass is 625 g/mol. The number of rotatable bonds is 7. The maximum absolute atomic E-state index is 13.7. The van der Waals surface area contributed by atoms with Crippen LogP contribution in [0.5, 0.6) is 0 Å². The minimum atomic E-state index is -4.71. The van der Waals surface area contributed by atoms with E-state index in [-0.39, 0.29) is 37.2 Å². The number of fused-ring (bicyclic) bond motifs is 1. The Morgan fingerprint density at radius 3 is 2.42 bits per heavy atom. The topological polar surface area (TPSA) is 106 Å². The molecule has 1 fully saturated rings. The summed E-state index contributed by atoms with van der Waals surface area (Å²) in [6.07, 6.45) is -1.27. The largest absolute Gasteiger partial charge is 0.406 e. The third-order valence-corrected chi connectivity index (χ3v) is 10.2. The van der Waals surface area contributed by atoms with Gasteiger partial charge in [-0.15, -0.1) is 11.3 Å². The maximum Gasteiger partial charge on any atom is 0.406 e. The average molecular weight is 626 g/mol. The van der Waals surface area contributed by atoms with Crippen LogP contribution >= 0.6 is 11.3 Å². The Kier molecular flexibility index (Phi) is 7.79. The second-order valence-electron chi connectivity index (χ2n) is 10.3. The van der Waals surface area contributed by atoms with Gasteiger partial charge in [0.15, 0.2) is 0 Å². The second-order valence-corrected chi connectivity index (χ2v) is 13.1. The number of nitrogens with one attached hydrogen (secondary N) is 2. The van der Waals surface area contributed by atoms with Crippen molar-refractivity contribution < 1.29 is 21.6 Å². The number of alkyl halides is 3. The summed E-state index contributed by atoms with van der Waals surface area (Å²) in [6, 6.07) is 18.2. The first-order valence-corrected chi connectivity index (χ1v) is 15.9. The van der Waals surface area contributed by atoms with E-state index in [0.29, 0.717) is 16.2 Å². The lowest BCUT2D eigenvalue weighted by atomic mass is 9.90. The predicted molar refractivity (Wildman–Crippen MR) is 160 cm³/mol. The van der Waals surface area contributed by atoms with Gasteiger partial charge in [0.1, 0.15) is 12.2 Å². The van der Waals surface area contributed by atoms with Gasteiger partial charge in [-0.05, 0) is 73.8 Å². The molecule has 222 valence electrons. The van der Waals surface area contributed by atoms with Gasteiger partial charge in [-0.2, -0.15) is 18.2 Å². The fourth-order valence-electron chi connectivity index (χ4n) is 5.18. The van der Waals surface area contributed by atoms with Crippen molar-refractivity contribution in [3.63, 3.8) is 0 Å². The smallest absolute Gasteiger partial charge is 0.324 e. The molecule has 2 aromatic carbocycles. The van der Waals surface area contributed by atoms with Crippen molar-refractivity contribution in [1.82, 2.24) is 19.9 Å². The quantitative estimate of drug-likeness (QED) is 0.224. The number of hydrogen-bond acceptors (Lipinski definition) is 8. The molecule has 4 heterocycles. The van der Waals surface area contributed by atoms with Gasteiger partial charge >= 0.3 is 6.18 Å². The second kappa shape index (κ2) is 11.5. The number of hydrogen-bond donors (Lipinski definition) is 2. The normalized spacial score (nSPS) is 14.7. The van der Waals surface area contributed by atoms with Crippen LogP contribution in [0.3, 0.4) is 0 Å². The zero-order valence-corrected chi connectivity index (χ0v) is 24.3. The molecular weight excluding hydrogens is 599 g/mol. The van der Waals surface area contributed by atoms with Crippen LogP contribution in [0.15, 0.2) is 92.9 Å². The number of pyridine rings is 1. The van der Waals surface area contributed by atoms with E-state index < -0.39 is 28.1 Å². The first-order valence-electron chi connectivity index (χ1n) is 13.5. The van der Waals surface area contributed by atoms with Crippen LogP contribution in [-0.4, -0.2) is 42.2 Å². The molecule has 0 unspecified atom stereocenters. The van der Waals surface area contributed by atoms with Crippen LogP contribution in [-0.2, 0) is 16.4 Å². The number of halogens is 3. The summed E-state index contributed by atoms with van der Waals surface area (Å²) in [4.78, 5) is 22.3. The van der Waals surface area contributed by atoms with Crippen LogP contribution in [0.4, 0.5) is 24.8 Å². The first-order chi connectivity index (χ1) is 20.6. The number of piperidine rings is 1. The lowest BCUT2D eigenvalue weighted by Crippen LogP contribution is -2.30. The van der Waals surface area contributed by atoms with E-state index in [1.807, 2.05) is 24.3 Å². The molecule has 0 radical (unpaired) electrons. The summed E-state index contributed by atoms with van der Waals surface area (Å²) in [7, 11) is -3.88. The van der Waals surface area contributed by atoms with Gasteiger partial charge in [-0.1, -0.05) is 30.3 Å². The van der Waals surface area contributed by atoms with Gasteiger partial charge in [0.05, 0.1) is 15.4 Å². The fraction of sp³-hybridized carbons (Fsp3) is 0.233. The average Bonchev–Trinajstić information content (AvgIpc) is 3.51. The Morgan fingerprint density at radius 1 is 1.00 bits per heavy atom. The van der Waals surface area contributed by atoms with Crippen molar-refractivity contribution >= 4 is 43.8 Å². The summed E-state index contributed by atoms with van der Waals surface area (Å²) in [5.41, 5.74) is 0.666. The number of anilines is 2. The number of sulfone groups is 1. The van der Waals surface area contributed by atoms with Crippen LogP contribution in [0.1, 0.15) is 24.3 Å². The van der Waals surface area contributed by atoms with Crippen molar-refractivity contribution in [2.75, 3.05) is 18.4 Å². The minimum Gasteiger partial charge on any atom is -0.324 e. The highest BCUT2D eigenvalue weighted by Crippen LogP contribution is 2.33. The van der Waals surface area contributed by atoms with Gasteiger partial charge < -0.3 is 10.6 Å². The molecule has 43 heavy (non-hydrogen) atoms. The first kappa shape index (κ1) is 29.0. The standard InChI is InChI=1S/C30H26F3N5O3S2/c31-30(32,33)18-38-27-21(16-35-29(37-27)36-22-8-6-19(7-9-22)20-10-12-34-13-11-20)14-25(28(38)39)26-15-24(17-42-26)43(40,41)23-4-2-1-3-5-23/h1-9,14-17,20,34H,10-13,18H2,(H,35,36,37). The predicted octanol–water partition coefficient (Wildman–Crippen LogP) is 6.13. The van der Waals surface area contributed by atoms with Crippen LogP contribution < -0.4 is 16.2 Å². The van der Waals surface area contributed by atoms with Gasteiger partial charge in [-0.25, -0.2) is 13.4 Å². The van der Waals surface area contributed by atoms with Gasteiger partial charge in [0, 0.05) is 27.5 Å². The van der Waals surface area contributed by atoms with Crippen molar-refractivity contribution in [2.45, 2.75) is 41.3 Å². The number of thiophene rings is 1. The molecule has 1 aliphatic rings. The van der Waals surface area contributed by atoms with E-state index in [2.05, 4.69) is 20.6 Å². The van der Waals surface area contributed by atoms with E-state index >= 15 is 0 Å². The summed E-state index contributed by atoms with van der Waals surface area (Å²) < 4.78 is 67.7. The zero-order chi connectivity index (χ0) is 30.2. The van der Waals surface area contributed by atoms with E-state index in [1.165, 1.54) is 41.4 Å². The van der Waals surface area contributed by atoms with Gasteiger partial charge in [0.25, 0.3) is 5.56 Å². The van der Waals surface area contributed by atoms with E-state index in [1.54, 1.807) is 18.2 Å². The maximum atomic E-state index is 13.7. The van der Waals surface area contributed by atoms with E-state index in [9.17, 15) is 26.4 Å². The molecule has 13 heteroatoms. The molecule has 2 N–H and O–H groups in total. The zero-order valence-electron chi connectivity index (χ0n) is 22.6. The van der Waals surface area contributed by atoms with Gasteiger partial charge in [0.2, 0.25) is 15.8 Å². The Hall–Kier alpha value is -4.07. The van der Waals surface area contributed by atoms with Crippen molar-refractivity contribution in [3.8, 4) is 10.4 Å². The lowest BCUT2D eigenvalue weighted by molar-refractivity contribution is -0.140. The Balaban J connectivity index is 1.35. The SMILES string of the molecule is O=c1c(-c2cc(S(=O)(=O)c3ccccc3)cs2)cc2cnc(Nc3ccc(C4CCNCC4)cc3)nc2n1CC(F)(F)F. The van der Waals surface area contributed by atoms with Crippen molar-refractivity contribution in [1.29, 1.82) is 0 Å². The van der Waals surface area contributed by atoms with Crippen molar-refractivity contribution in [3.05, 3.63) is 94.2 Å². The summed E-state index contributed by atoms with van der Waals surface area (Å²) in [5.74, 6) is 0.508. The highest BCUT2D eigenvalue weighted by atomic mass is 32.2. The molecule has 0 bridgehead atoms. The third kappa shape index (κ3) is 6.19. The summed E-state index contributed by atoms with van der Waals surface area (Å²) >= 11 is 0.959. The fourth-order valence-corrected chi connectivity index (χ4v) is 7.75. The molecule has 0 aliphatic carbocycles. The number of aromatic nitrogens is 3. The molecule has 8 nitrogen and oxygen atoms in total. The molecule has 3 aromatic heterocycles. The summed E-state index contributed by atoms with van der Waals surface area (Å²) in [5, 5.41) is 7.94. The van der Waals surface area contributed by atoms with Crippen LogP contribution in [0.25, 0.3) is 21.5 Å². The molecule has 1 aliphatic heterocycles. The third-order valence-electron chi connectivity index (χ3n) is 7.35. The Morgan fingerprint density at radius 2 is 1.72 bits per heavy atom. The lowest BCUT2D eigenvalue weighted by Gasteiger charge is -2.23. The summed E-state index contributed by atoms with van der Waals surface area (Å²) in [6.45, 7) is 0.368. The Labute approximate surface area is 249 Å². The van der Waals surface area contributed by atoms with E-state index in [4.69, 9.17) is 0 Å². The van der Waals surface area contributed by atoms with Crippen LogP contribution in [0.2, 0.25) is 0 Å². The number of benzene rings is 2. The molecule has 0 atom stereocenters. The molecule has 1 saturated heterocycles. The van der Waals surface area contributed by atoms with Crippen LogP contribution in [0, 0.1) is 0 Å². The minimum absolute atomic E-state index is 0.0394. The Bertz CT molecular complexity index is 1930. The molecule has 0 amide bonds. The molecule has 5 aromatic rings. The van der Waals surface area contributed by atoms with Gasteiger partial charge in [-0.3, -0.25) is 9.36 Å². The highest BCUT2D eigenvalue weighted by molar-refractivity contribution is 7.91. The molecule has 0 spiro atoms. The molecule has 6 rings (SSSR count). The highest BCUT2D eigenvalue weighted by Gasteiger charge is 2.31.